The zero-order chi connectivity index (χ0) is 13.4. The van der Waals surface area contributed by atoms with E-state index in [4.69, 9.17) is 16.3 Å². The van der Waals surface area contributed by atoms with E-state index in [1.165, 1.54) is 12.8 Å². The van der Waals surface area contributed by atoms with Gasteiger partial charge >= 0.3 is 0 Å². The van der Waals surface area contributed by atoms with Crippen LogP contribution in [0.25, 0.3) is 0 Å². The van der Waals surface area contributed by atoms with Crippen molar-refractivity contribution < 1.29 is 4.74 Å². The maximum Gasteiger partial charge on any atom is 0.119 e. The number of hydrogen-bond donors (Lipinski definition) is 0. The van der Waals surface area contributed by atoms with Crippen LogP contribution in [0.3, 0.4) is 0 Å². The van der Waals surface area contributed by atoms with Gasteiger partial charge in [-0.1, -0.05) is 32.4 Å². The van der Waals surface area contributed by atoms with Crippen LogP contribution in [-0.2, 0) is 0 Å². The predicted molar refractivity (Wildman–Crippen MR) is 78.6 cm³/mol. The summed E-state index contributed by atoms with van der Waals surface area (Å²) in [6, 6.07) is 8.02. The van der Waals surface area contributed by atoms with E-state index in [0.29, 0.717) is 0 Å². The van der Waals surface area contributed by atoms with Gasteiger partial charge in [0, 0.05) is 6.54 Å². The van der Waals surface area contributed by atoms with Gasteiger partial charge in [-0.25, -0.2) is 0 Å². The van der Waals surface area contributed by atoms with E-state index in [0.717, 1.165) is 30.9 Å². The minimum atomic E-state index is 0.0249. The molecule has 3 heteroatoms. The van der Waals surface area contributed by atoms with Crippen molar-refractivity contribution in [2.75, 3.05) is 26.7 Å². The molecule has 102 valence electrons. The highest BCUT2D eigenvalue weighted by Gasteiger charge is 2.12. The van der Waals surface area contributed by atoms with Gasteiger partial charge in [0.05, 0.1) is 12.5 Å². The first-order valence-corrected chi connectivity index (χ1v) is 7.15. The Morgan fingerprint density at radius 2 is 2.11 bits per heavy atom. The van der Waals surface area contributed by atoms with Crippen LogP contribution in [0.4, 0.5) is 0 Å². The zero-order valence-electron chi connectivity index (χ0n) is 11.7. The molecule has 0 saturated heterocycles. The molecule has 0 bridgehead atoms. The lowest BCUT2D eigenvalue weighted by molar-refractivity contribution is 0.283. The summed E-state index contributed by atoms with van der Waals surface area (Å²) in [7, 11) is 1.68. The van der Waals surface area contributed by atoms with E-state index in [9.17, 15) is 0 Å². The molecule has 1 atom stereocenters. The van der Waals surface area contributed by atoms with Crippen molar-refractivity contribution in [3.63, 3.8) is 0 Å². The molecule has 0 aromatic heterocycles. The second-order valence-corrected chi connectivity index (χ2v) is 5.02. The van der Waals surface area contributed by atoms with Crippen molar-refractivity contribution in [2.45, 2.75) is 32.1 Å². The number of methoxy groups -OCH3 is 1. The third-order valence-corrected chi connectivity index (χ3v) is 3.54. The van der Waals surface area contributed by atoms with Gasteiger partial charge in [-0.2, -0.15) is 0 Å². The quantitative estimate of drug-likeness (QED) is 0.659. The molecule has 0 radical (unpaired) electrons. The highest BCUT2D eigenvalue weighted by Crippen LogP contribution is 2.25. The van der Waals surface area contributed by atoms with Crippen molar-refractivity contribution in [3.05, 3.63) is 29.8 Å². The first kappa shape index (κ1) is 15.3. The standard InChI is InChI=1S/C15H24ClNO/c1-4-6-10-17(5-2)12-15(16)13-8-7-9-14(11-13)18-3/h7-9,11,15H,4-6,10,12H2,1-3H3. The Kier molecular flexibility index (Phi) is 7.14. The summed E-state index contributed by atoms with van der Waals surface area (Å²) in [6.07, 6.45) is 2.46. The zero-order valence-corrected chi connectivity index (χ0v) is 12.4. The predicted octanol–water partition coefficient (Wildman–Crippen LogP) is 4.10. The summed E-state index contributed by atoms with van der Waals surface area (Å²) in [4.78, 5) is 2.40. The van der Waals surface area contributed by atoms with Crippen LogP contribution in [0.5, 0.6) is 5.75 Å². The minimum Gasteiger partial charge on any atom is -0.497 e. The molecule has 0 fully saturated rings. The Hall–Kier alpha value is -0.730. The number of unbranched alkanes of at least 4 members (excludes halogenated alkanes) is 1. The summed E-state index contributed by atoms with van der Waals surface area (Å²) in [5.41, 5.74) is 1.13. The average molecular weight is 270 g/mol. The number of ether oxygens (including phenoxy) is 1. The van der Waals surface area contributed by atoms with Gasteiger partial charge in [0.15, 0.2) is 0 Å². The highest BCUT2D eigenvalue weighted by molar-refractivity contribution is 6.21. The monoisotopic (exact) mass is 269 g/mol. The fraction of sp³-hybridized carbons (Fsp3) is 0.600. The van der Waals surface area contributed by atoms with E-state index >= 15 is 0 Å². The molecule has 1 unspecified atom stereocenters. The fourth-order valence-electron chi connectivity index (χ4n) is 1.93. The molecule has 1 rings (SSSR count). The molecular weight excluding hydrogens is 246 g/mol. The lowest BCUT2D eigenvalue weighted by Crippen LogP contribution is -2.28. The Morgan fingerprint density at radius 1 is 1.33 bits per heavy atom. The molecule has 0 heterocycles. The van der Waals surface area contributed by atoms with Crippen LogP contribution in [0, 0.1) is 0 Å². The van der Waals surface area contributed by atoms with Crippen molar-refractivity contribution in [1.82, 2.24) is 4.90 Å². The van der Waals surface area contributed by atoms with Crippen LogP contribution in [0.2, 0.25) is 0 Å². The SMILES string of the molecule is CCCCN(CC)CC(Cl)c1cccc(OC)c1. The second kappa shape index (κ2) is 8.39. The summed E-state index contributed by atoms with van der Waals surface area (Å²) >= 11 is 6.49. The third-order valence-electron chi connectivity index (χ3n) is 3.15. The van der Waals surface area contributed by atoms with Crippen LogP contribution in [0.1, 0.15) is 37.6 Å². The van der Waals surface area contributed by atoms with Gasteiger partial charge in [-0.15, -0.1) is 11.6 Å². The van der Waals surface area contributed by atoms with Gasteiger partial charge in [-0.3, -0.25) is 0 Å². The average Bonchev–Trinajstić information content (AvgIpc) is 2.43. The molecule has 2 nitrogen and oxygen atoms in total. The van der Waals surface area contributed by atoms with Crippen LogP contribution in [-0.4, -0.2) is 31.6 Å². The molecule has 1 aromatic carbocycles. The summed E-state index contributed by atoms with van der Waals surface area (Å²) in [5, 5.41) is 0.0249. The number of hydrogen-bond acceptors (Lipinski definition) is 2. The summed E-state index contributed by atoms with van der Waals surface area (Å²) < 4.78 is 5.23. The largest absolute Gasteiger partial charge is 0.497 e. The van der Waals surface area contributed by atoms with E-state index < -0.39 is 0 Å². The molecule has 1 aromatic rings. The second-order valence-electron chi connectivity index (χ2n) is 4.49. The molecule has 0 aliphatic rings. The van der Waals surface area contributed by atoms with Crippen molar-refractivity contribution >= 4 is 11.6 Å². The maximum absolute atomic E-state index is 6.49. The van der Waals surface area contributed by atoms with E-state index in [-0.39, 0.29) is 5.38 Å². The molecule has 0 aliphatic carbocycles. The number of nitrogens with zero attached hydrogens (tertiary/aromatic N) is 1. The number of alkyl halides is 1. The van der Waals surface area contributed by atoms with Gasteiger partial charge in [-0.05, 0) is 37.2 Å². The number of rotatable bonds is 8. The van der Waals surface area contributed by atoms with Crippen LogP contribution < -0.4 is 4.74 Å². The van der Waals surface area contributed by atoms with Gasteiger partial charge in [0.25, 0.3) is 0 Å². The van der Waals surface area contributed by atoms with Gasteiger partial charge < -0.3 is 9.64 Å². The van der Waals surface area contributed by atoms with Crippen molar-refractivity contribution in [2.24, 2.45) is 0 Å². The van der Waals surface area contributed by atoms with Crippen molar-refractivity contribution in [3.8, 4) is 5.75 Å². The summed E-state index contributed by atoms with van der Waals surface area (Å²) in [5.74, 6) is 0.870. The lowest BCUT2D eigenvalue weighted by Gasteiger charge is -2.23. The fourth-order valence-corrected chi connectivity index (χ4v) is 2.26. The smallest absolute Gasteiger partial charge is 0.119 e. The number of halogens is 1. The summed E-state index contributed by atoms with van der Waals surface area (Å²) in [6.45, 7) is 7.47. The molecule has 0 aliphatic heterocycles. The normalized spacial score (nSPS) is 12.7. The molecule has 0 spiro atoms. The minimum absolute atomic E-state index is 0.0249. The Bertz CT molecular complexity index is 343. The van der Waals surface area contributed by atoms with Crippen LogP contribution >= 0.6 is 11.6 Å². The Balaban J connectivity index is 2.59. The number of benzene rings is 1. The van der Waals surface area contributed by atoms with Crippen LogP contribution in [0.15, 0.2) is 24.3 Å². The molecular formula is C15H24ClNO. The van der Waals surface area contributed by atoms with E-state index in [2.05, 4.69) is 24.8 Å². The lowest BCUT2D eigenvalue weighted by atomic mass is 10.1. The first-order chi connectivity index (χ1) is 8.71. The molecule has 18 heavy (non-hydrogen) atoms. The first-order valence-electron chi connectivity index (χ1n) is 6.71. The Labute approximate surface area is 116 Å². The van der Waals surface area contributed by atoms with E-state index in [1.54, 1.807) is 7.11 Å². The van der Waals surface area contributed by atoms with Crippen molar-refractivity contribution in [1.29, 1.82) is 0 Å². The third kappa shape index (κ3) is 4.87. The maximum atomic E-state index is 6.49. The van der Waals surface area contributed by atoms with Gasteiger partial charge in [0.1, 0.15) is 5.75 Å². The number of likely N-dealkylation sites (N-methyl/N-ethyl adjacent to an activating group) is 1. The highest BCUT2D eigenvalue weighted by atomic mass is 35.5. The molecule has 0 saturated carbocycles. The molecule has 0 amide bonds. The topological polar surface area (TPSA) is 12.5 Å². The molecule has 0 N–H and O–H groups in total. The van der Waals surface area contributed by atoms with E-state index in [1.807, 2.05) is 18.2 Å². The van der Waals surface area contributed by atoms with Gasteiger partial charge in [0.2, 0.25) is 0 Å². The Morgan fingerprint density at radius 3 is 2.72 bits per heavy atom.